The van der Waals surface area contributed by atoms with Crippen LogP contribution in [0.5, 0.6) is 0 Å². The van der Waals surface area contributed by atoms with Crippen molar-refractivity contribution in [3.63, 3.8) is 0 Å². The Morgan fingerprint density at radius 3 is 2.30 bits per heavy atom. The van der Waals surface area contributed by atoms with Gasteiger partial charge in [-0.3, -0.25) is 4.98 Å². The van der Waals surface area contributed by atoms with Gasteiger partial charge in [0.25, 0.3) is 0 Å². The minimum atomic E-state index is 0.378. The Bertz CT molecular complexity index is 782. The molecule has 3 N–H and O–H groups in total. The molecule has 3 rings (SSSR count). The van der Waals surface area contributed by atoms with Crippen LogP contribution in [0.4, 0.5) is 17.3 Å². The van der Waals surface area contributed by atoms with Gasteiger partial charge in [-0.1, -0.05) is 12.1 Å². The summed E-state index contributed by atoms with van der Waals surface area (Å²) in [5.41, 5.74) is 10.3. The molecule has 0 aliphatic carbocycles. The summed E-state index contributed by atoms with van der Waals surface area (Å²) in [6, 6.07) is 11.6. The fourth-order valence-corrected chi connectivity index (χ4v) is 2.05. The van der Waals surface area contributed by atoms with Crippen molar-refractivity contribution in [1.29, 1.82) is 0 Å². The molecule has 0 atom stereocenters. The van der Waals surface area contributed by atoms with E-state index in [4.69, 9.17) is 5.73 Å². The van der Waals surface area contributed by atoms with Crippen molar-refractivity contribution in [2.75, 3.05) is 11.1 Å². The summed E-state index contributed by atoms with van der Waals surface area (Å²) in [5, 5.41) is 3.20. The number of hydrogen-bond acceptors (Lipinski definition) is 5. The normalized spacial score (nSPS) is 10.7. The average Bonchev–Trinajstić information content (AvgIpc) is 2.42. The predicted octanol–water partition coefficient (Wildman–Crippen LogP) is 2.97. The highest BCUT2D eigenvalue weighted by atomic mass is 15.1. The molecular weight excluding hydrogens is 250 g/mol. The van der Waals surface area contributed by atoms with Crippen molar-refractivity contribution < 1.29 is 0 Å². The first-order valence-corrected chi connectivity index (χ1v) is 6.37. The molecule has 0 unspecified atom stereocenters. The smallest absolute Gasteiger partial charge is 0.174 e. The standard InChI is InChI=1S/C15H15N5/c1-9-7-8-11(10(2)17-9)19-15-14(16)18-12-5-3-4-6-13(12)20-15/h3-8H,1-2H3,(H2,16,18)(H,19,20). The van der Waals surface area contributed by atoms with Crippen LogP contribution in [0.25, 0.3) is 11.0 Å². The van der Waals surface area contributed by atoms with Crippen LogP contribution >= 0.6 is 0 Å². The lowest BCUT2D eigenvalue weighted by Gasteiger charge is -2.11. The molecule has 0 aliphatic rings. The molecule has 20 heavy (non-hydrogen) atoms. The monoisotopic (exact) mass is 265 g/mol. The van der Waals surface area contributed by atoms with E-state index in [1.54, 1.807) is 0 Å². The van der Waals surface area contributed by atoms with Gasteiger partial charge in [0.05, 0.1) is 22.4 Å². The number of para-hydroxylation sites is 2. The Labute approximate surface area is 116 Å². The van der Waals surface area contributed by atoms with E-state index in [1.807, 2.05) is 50.2 Å². The molecule has 2 aromatic heterocycles. The molecule has 0 bridgehead atoms. The zero-order valence-corrected chi connectivity index (χ0v) is 11.4. The molecule has 2 heterocycles. The Morgan fingerprint density at radius 1 is 0.900 bits per heavy atom. The van der Waals surface area contributed by atoms with Gasteiger partial charge in [-0.25, -0.2) is 9.97 Å². The van der Waals surface area contributed by atoms with Gasteiger partial charge in [0.15, 0.2) is 11.6 Å². The number of nitrogens with one attached hydrogen (secondary N) is 1. The Kier molecular flexibility index (Phi) is 2.95. The zero-order valence-electron chi connectivity index (χ0n) is 11.4. The van der Waals surface area contributed by atoms with Gasteiger partial charge in [0.1, 0.15) is 0 Å². The summed E-state index contributed by atoms with van der Waals surface area (Å²) in [4.78, 5) is 13.3. The molecular formula is C15H15N5. The maximum Gasteiger partial charge on any atom is 0.174 e. The highest BCUT2D eigenvalue weighted by molar-refractivity contribution is 5.81. The molecule has 100 valence electrons. The second kappa shape index (κ2) is 4.77. The van der Waals surface area contributed by atoms with Crippen LogP contribution < -0.4 is 11.1 Å². The highest BCUT2D eigenvalue weighted by Crippen LogP contribution is 2.23. The van der Waals surface area contributed by atoms with E-state index in [1.165, 1.54) is 0 Å². The molecule has 0 radical (unpaired) electrons. The predicted molar refractivity (Wildman–Crippen MR) is 80.9 cm³/mol. The van der Waals surface area contributed by atoms with E-state index < -0.39 is 0 Å². The number of rotatable bonds is 2. The SMILES string of the molecule is Cc1ccc(Nc2nc3ccccc3nc2N)c(C)n1. The molecule has 1 aromatic carbocycles. The van der Waals surface area contributed by atoms with Crippen LogP contribution in [0.3, 0.4) is 0 Å². The number of fused-ring (bicyclic) bond motifs is 1. The molecule has 0 aliphatic heterocycles. The van der Waals surface area contributed by atoms with Gasteiger partial charge in [0, 0.05) is 5.69 Å². The number of aromatic nitrogens is 3. The minimum Gasteiger partial charge on any atom is -0.381 e. The maximum atomic E-state index is 5.96. The lowest BCUT2D eigenvalue weighted by atomic mass is 10.2. The zero-order chi connectivity index (χ0) is 14.1. The van der Waals surface area contributed by atoms with Crippen LogP contribution in [-0.4, -0.2) is 15.0 Å². The van der Waals surface area contributed by atoms with Crippen LogP contribution in [0.1, 0.15) is 11.4 Å². The average molecular weight is 265 g/mol. The third-order valence-corrected chi connectivity index (χ3v) is 3.08. The first-order chi connectivity index (χ1) is 9.63. The fourth-order valence-electron chi connectivity index (χ4n) is 2.05. The molecule has 0 amide bonds. The van der Waals surface area contributed by atoms with E-state index in [-0.39, 0.29) is 0 Å². The fraction of sp³-hybridized carbons (Fsp3) is 0.133. The second-order valence-corrected chi connectivity index (χ2v) is 4.66. The topological polar surface area (TPSA) is 76.7 Å². The molecule has 0 saturated heterocycles. The first kappa shape index (κ1) is 12.3. The highest BCUT2D eigenvalue weighted by Gasteiger charge is 2.08. The summed E-state index contributed by atoms with van der Waals surface area (Å²) in [6.45, 7) is 3.90. The van der Waals surface area contributed by atoms with E-state index in [0.717, 1.165) is 28.1 Å². The molecule has 5 heteroatoms. The van der Waals surface area contributed by atoms with Gasteiger partial charge in [-0.15, -0.1) is 0 Å². The summed E-state index contributed by atoms with van der Waals surface area (Å²) in [7, 11) is 0. The van der Waals surface area contributed by atoms with Crippen molar-refractivity contribution in [3.8, 4) is 0 Å². The number of anilines is 3. The van der Waals surface area contributed by atoms with Gasteiger partial charge >= 0.3 is 0 Å². The Balaban J connectivity index is 2.03. The van der Waals surface area contributed by atoms with Crippen LogP contribution in [0, 0.1) is 13.8 Å². The third-order valence-electron chi connectivity index (χ3n) is 3.08. The second-order valence-electron chi connectivity index (χ2n) is 4.66. The van der Waals surface area contributed by atoms with Crippen LogP contribution in [0.2, 0.25) is 0 Å². The van der Waals surface area contributed by atoms with Gasteiger partial charge in [-0.2, -0.15) is 0 Å². The van der Waals surface area contributed by atoms with E-state index in [9.17, 15) is 0 Å². The Hall–Kier alpha value is -2.69. The maximum absolute atomic E-state index is 5.96. The van der Waals surface area contributed by atoms with Gasteiger partial charge < -0.3 is 11.1 Å². The number of hydrogen-bond donors (Lipinski definition) is 2. The summed E-state index contributed by atoms with van der Waals surface area (Å²) >= 11 is 0. The van der Waals surface area contributed by atoms with E-state index >= 15 is 0 Å². The Morgan fingerprint density at radius 2 is 1.60 bits per heavy atom. The molecule has 0 spiro atoms. The lowest BCUT2D eigenvalue weighted by Crippen LogP contribution is -2.04. The third kappa shape index (κ3) is 2.25. The van der Waals surface area contributed by atoms with Crippen molar-refractivity contribution in [2.45, 2.75) is 13.8 Å². The number of nitrogens with two attached hydrogens (primary N) is 1. The molecule has 0 saturated carbocycles. The van der Waals surface area contributed by atoms with Gasteiger partial charge in [0.2, 0.25) is 0 Å². The number of nitrogen functional groups attached to an aromatic ring is 1. The van der Waals surface area contributed by atoms with Crippen molar-refractivity contribution in [3.05, 3.63) is 47.8 Å². The number of aryl methyl sites for hydroxylation is 2. The first-order valence-electron chi connectivity index (χ1n) is 6.37. The molecule has 5 nitrogen and oxygen atoms in total. The minimum absolute atomic E-state index is 0.378. The summed E-state index contributed by atoms with van der Waals surface area (Å²) < 4.78 is 0. The molecule has 3 aromatic rings. The largest absolute Gasteiger partial charge is 0.381 e. The van der Waals surface area contributed by atoms with E-state index in [0.29, 0.717) is 11.6 Å². The summed E-state index contributed by atoms with van der Waals surface area (Å²) in [5.74, 6) is 0.932. The molecule has 0 fully saturated rings. The van der Waals surface area contributed by atoms with Crippen molar-refractivity contribution >= 4 is 28.4 Å². The number of pyridine rings is 1. The van der Waals surface area contributed by atoms with Gasteiger partial charge in [-0.05, 0) is 38.1 Å². The van der Waals surface area contributed by atoms with E-state index in [2.05, 4.69) is 20.3 Å². The van der Waals surface area contributed by atoms with Crippen molar-refractivity contribution in [1.82, 2.24) is 15.0 Å². The quantitative estimate of drug-likeness (QED) is 0.745. The van der Waals surface area contributed by atoms with Crippen LogP contribution in [-0.2, 0) is 0 Å². The van der Waals surface area contributed by atoms with Crippen molar-refractivity contribution in [2.24, 2.45) is 0 Å². The number of nitrogens with zero attached hydrogens (tertiary/aromatic N) is 3. The number of benzene rings is 1. The lowest BCUT2D eigenvalue weighted by molar-refractivity contribution is 1.12. The van der Waals surface area contributed by atoms with Crippen LogP contribution in [0.15, 0.2) is 36.4 Å². The summed E-state index contributed by atoms with van der Waals surface area (Å²) in [6.07, 6.45) is 0.